The van der Waals surface area contributed by atoms with E-state index in [1.54, 1.807) is 24.4 Å². The van der Waals surface area contributed by atoms with Crippen LogP contribution in [0.2, 0.25) is 0 Å². The van der Waals surface area contributed by atoms with Crippen LogP contribution in [-0.2, 0) is 14.8 Å². The zero-order chi connectivity index (χ0) is 21.9. The summed E-state index contributed by atoms with van der Waals surface area (Å²) in [5.74, 6) is -0.856. The first-order chi connectivity index (χ1) is 14.1. The van der Waals surface area contributed by atoms with E-state index in [1.807, 2.05) is 0 Å². The fourth-order valence-electron chi connectivity index (χ4n) is 3.27. The van der Waals surface area contributed by atoms with E-state index in [2.05, 4.69) is 10.1 Å². The highest BCUT2D eigenvalue weighted by atomic mass is 32.2. The number of benzene rings is 1. The van der Waals surface area contributed by atoms with Crippen LogP contribution in [0.3, 0.4) is 0 Å². The molecule has 0 aliphatic carbocycles. The standard InChI is InChI=1S/C19H21F3N2O4S2/c1-13(14-4-6-16(7-5-14)28-19(20,21)22)23-18(25)15-8-10-24(11-9-15)30(26,27)17-3-2-12-29-17/h2-7,12-13,15H,8-11H2,1H3,(H,23,25). The highest BCUT2D eigenvalue weighted by Gasteiger charge is 2.33. The van der Waals surface area contributed by atoms with E-state index in [0.29, 0.717) is 18.4 Å². The number of sulfonamides is 1. The van der Waals surface area contributed by atoms with Crippen molar-refractivity contribution in [2.45, 2.75) is 36.4 Å². The van der Waals surface area contributed by atoms with Crippen LogP contribution >= 0.6 is 11.3 Å². The Morgan fingerprint density at radius 3 is 2.37 bits per heavy atom. The second-order valence-electron chi connectivity index (χ2n) is 6.96. The SMILES string of the molecule is CC(NC(=O)C1CCN(S(=O)(=O)c2cccs2)CC1)c1ccc(OC(F)(F)F)cc1. The number of carbonyl (C=O) groups excluding carboxylic acids is 1. The molecule has 1 saturated heterocycles. The smallest absolute Gasteiger partial charge is 0.406 e. The van der Waals surface area contributed by atoms with Crippen LogP contribution in [0.4, 0.5) is 13.2 Å². The lowest BCUT2D eigenvalue weighted by Crippen LogP contribution is -2.43. The number of piperidine rings is 1. The summed E-state index contributed by atoms with van der Waals surface area (Å²) in [6.07, 6.45) is -3.95. The molecule has 0 saturated carbocycles. The van der Waals surface area contributed by atoms with E-state index >= 15 is 0 Å². The van der Waals surface area contributed by atoms with Crippen molar-refractivity contribution in [1.29, 1.82) is 0 Å². The number of hydrogen-bond acceptors (Lipinski definition) is 5. The third-order valence-corrected chi connectivity index (χ3v) is 8.16. The largest absolute Gasteiger partial charge is 0.573 e. The van der Waals surface area contributed by atoms with Gasteiger partial charge in [-0.25, -0.2) is 8.42 Å². The van der Waals surface area contributed by atoms with E-state index in [0.717, 1.165) is 11.3 Å². The first kappa shape index (κ1) is 22.6. The molecule has 2 heterocycles. The first-order valence-electron chi connectivity index (χ1n) is 9.26. The van der Waals surface area contributed by atoms with Crippen molar-refractivity contribution < 1.29 is 31.1 Å². The van der Waals surface area contributed by atoms with E-state index in [9.17, 15) is 26.4 Å². The summed E-state index contributed by atoms with van der Waals surface area (Å²) in [4.78, 5) is 12.6. The molecule has 1 aromatic carbocycles. The van der Waals surface area contributed by atoms with Crippen LogP contribution in [0, 0.1) is 5.92 Å². The van der Waals surface area contributed by atoms with Crippen LogP contribution in [0.15, 0.2) is 46.0 Å². The number of amides is 1. The number of carbonyl (C=O) groups is 1. The van der Waals surface area contributed by atoms with E-state index < -0.39 is 22.4 Å². The fraction of sp³-hybridized carbons (Fsp3) is 0.421. The predicted molar refractivity (Wildman–Crippen MR) is 105 cm³/mol. The number of hydrogen-bond donors (Lipinski definition) is 1. The van der Waals surface area contributed by atoms with E-state index in [4.69, 9.17) is 0 Å². The number of nitrogens with zero attached hydrogens (tertiary/aromatic N) is 1. The Balaban J connectivity index is 1.53. The molecule has 6 nitrogen and oxygen atoms in total. The molecule has 1 unspecified atom stereocenters. The zero-order valence-electron chi connectivity index (χ0n) is 16.1. The Labute approximate surface area is 176 Å². The van der Waals surface area contributed by atoms with Crippen molar-refractivity contribution in [3.8, 4) is 5.75 Å². The highest BCUT2D eigenvalue weighted by molar-refractivity contribution is 7.91. The van der Waals surface area contributed by atoms with Gasteiger partial charge in [0.05, 0.1) is 6.04 Å². The van der Waals surface area contributed by atoms with Crippen LogP contribution in [0.1, 0.15) is 31.4 Å². The number of alkyl halides is 3. The number of thiophene rings is 1. The molecule has 1 amide bonds. The third-order valence-electron chi connectivity index (χ3n) is 4.89. The summed E-state index contributed by atoms with van der Waals surface area (Å²) < 4.78 is 67.4. The number of rotatable bonds is 6. The number of nitrogens with one attached hydrogen (secondary N) is 1. The Kier molecular flexibility index (Phi) is 6.73. The van der Waals surface area contributed by atoms with Gasteiger partial charge in [-0.05, 0) is 48.9 Å². The molecule has 30 heavy (non-hydrogen) atoms. The maximum absolute atomic E-state index is 12.6. The monoisotopic (exact) mass is 462 g/mol. The minimum absolute atomic E-state index is 0.203. The maximum atomic E-state index is 12.6. The Morgan fingerprint density at radius 1 is 1.20 bits per heavy atom. The molecule has 1 aliphatic heterocycles. The topological polar surface area (TPSA) is 75.7 Å². The van der Waals surface area contributed by atoms with Gasteiger partial charge in [0.2, 0.25) is 5.91 Å². The number of halogens is 3. The molecular weight excluding hydrogens is 441 g/mol. The first-order valence-corrected chi connectivity index (χ1v) is 11.6. The van der Waals surface area contributed by atoms with Crippen LogP contribution in [-0.4, -0.2) is 38.1 Å². The quantitative estimate of drug-likeness (QED) is 0.706. The summed E-state index contributed by atoms with van der Waals surface area (Å²) >= 11 is 1.16. The lowest BCUT2D eigenvalue weighted by Gasteiger charge is -2.30. The van der Waals surface area contributed by atoms with Gasteiger partial charge in [-0.3, -0.25) is 4.79 Å². The second-order valence-corrected chi connectivity index (χ2v) is 10.1. The van der Waals surface area contributed by atoms with Crippen LogP contribution < -0.4 is 10.1 Å². The molecule has 0 spiro atoms. The van der Waals surface area contributed by atoms with Crippen LogP contribution in [0.25, 0.3) is 0 Å². The predicted octanol–water partition coefficient (Wildman–Crippen LogP) is 3.92. The summed E-state index contributed by atoms with van der Waals surface area (Å²) in [6.45, 7) is 2.25. The van der Waals surface area contributed by atoms with Crippen molar-refractivity contribution in [2.75, 3.05) is 13.1 Å². The Bertz CT molecular complexity index is 953. The Morgan fingerprint density at radius 2 is 1.83 bits per heavy atom. The fourth-order valence-corrected chi connectivity index (χ4v) is 5.88. The third kappa shape index (κ3) is 5.52. The lowest BCUT2D eigenvalue weighted by molar-refractivity contribution is -0.274. The van der Waals surface area contributed by atoms with Gasteiger partial charge in [-0.2, -0.15) is 4.31 Å². The summed E-state index contributed by atoms with van der Waals surface area (Å²) in [5, 5.41) is 4.55. The molecule has 11 heteroatoms. The normalized spacial score (nSPS) is 17.5. The van der Waals surface area contributed by atoms with Crippen molar-refractivity contribution in [3.05, 3.63) is 47.3 Å². The molecule has 2 aromatic rings. The molecule has 0 bridgehead atoms. The van der Waals surface area contributed by atoms with E-state index in [1.165, 1.54) is 28.6 Å². The highest BCUT2D eigenvalue weighted by Crippen LogP contribution is 2.28. The molecule has 1 aliphatic rings. The molecule has 0 radical (unpaired) electrons. The summed E-state index contributed by atoms with van der Waals surface area (Å²) in [7, 11) is -3.52. The van der Waals surface area contributed by atoms with Gasteiger partial charge < -0.3 is 10.1 Å². The zero-order valence-corrected chi connectivity index (χ0v) is 17.7. The second kappa shape index (κ2) is 8.94. The van der Waals surface area contributed by atoms with Crippen molar-refractivity contribution in [3.63, 3.8) is 0 Å². The van der Waals surface area contributed by atoms with Crippen molar-refractivity contribution in [2.24, 2.45) is 5.92 Å². The molecular formula is C19H21F3N2O4S2. The average Bonchev–Trinajstić information content (AvgIpc) is 3.23. The molecule has 1 aromatic heterocycles. The summed E-state index contributed by atoms with van der Waals surface area (Å²) in [6, 6.07) is 8.14. The van der Waals surface area contributed by atoms with Gasteiger partial charge >= 0.3 is 6.36 Å². The van der Waals surface area contributed by atoms with Gasteiger partial charge in [-0.1, -0.05) is 18.2 Å². The van der Waals surface area contributed by atoms with Gasteiger partial charge in [0.15, 0.2) is 0 Å². The van der Waals surface area contributed by atoms with Gasteiger partial charge in [0, 0.05) is 19.0 Å². The van der Waals surface area contributed by atoms with Crippen LogP contribution in [0.5, 0.6) is 5.75 Å². The summed E-state index contributed by atoms with van der Waals surface area (Å²) in [5.41, 5.74) is 0.635. The molecule has 1 N–H and O–H groups in total. The van der Waals surface area contributed by atoms with Crippen molar-refractivity contribution in [1.82, 2.24) is 9.62 Å². The number of ether oxygens (including phenoxy) is 1. The van der Waals surface area contributed by atoms with Gasteiger partial charge in [0.1, 0.15) is 9.96 Å². The Hall–Kier alpha value is -2.11. The van der Waals surface area contributed by atoms with Gasteiger partial charge in [0.25, 0.3) is 10.0 Å². The minimum Gasteiger partial charge on any atom is -0.406 e. The molecule has 1 fully saturated rings. The maximum Gasteiger partial charge on any atom is 0.573 e. The van der Waals surface area contributed by atoms with Gasteiger partial charge in [-0.15, -0.1) is 24.5 Å². The molecule has 164 valence electrons. The molecule has 3 rings (SSSR count). The minimum atomic E-state index is -4.76. The van der Waals surface area contributed by atoms with Crippen molar-refractivity contribution >= 4 is 27.3 Å². The van der Waals surface area contributed by atoms with E-state index in [-0.39, 0.29) is 34.9 Å². The average molecular weight is 463 g/mol. The molecule has 1 atom stereocenters. The lowest BCUT2D eigenvalue weighted by atomic mass is 9.96.